The van der Waals surface area contributed by atoms with Crippen LogP contribution >= 0.6 is 0 Å². The highest BCUT2D eigenvalue weighted by atomic mass is 16.5. The van der Waals surface area contributed by atoms with E-state index in [9.17, 15) is 0 Å². The molecule has 1 aromatic carbocycles. The molecule has 0 amide bonds. The Labute approximate surface area is 98.8 Å². The normalized spacial score (nSPS) is 13.1. The Hall–Kier alpha value is -0.860. The minimum atomic E-state index is 0.163. The zero-order valence-electron chi connectivity index (χ0n) is 10.6. The number of ether oxygens (including phenoxy) is 1. The molecule has 0 aliphatic carbocycles. The topological polar surface area (TPSA) is 35.2 Å². The number of methoxy groups -OCH3 is 1. The molecule has 1 atom stereocenters. The van der Waals surface area contributed by atoms with Crippen molar-refractivity contribution in [3.8, 4) is 0 Å². The van der Waals surface area contributed by atoms with Crippen molar-refractivity contribution in [2.24, 2.45) is 11.7 Å². The third-order valence-electron chi connectivity index (χ3n) is 2.73. The van der Waals surface area contributed by atoms with Crippen molar-refractivity contribution in [1.29, 1.82) is 0 Å². The minimum Gasteiger partial charge on any atom is -0.384 e. The first-order valence-electron chi connectivity index (χ1n) is 5.97. The first kappa shape index (κ1) is 13.2. The molecule has 90 valence electrons. The van der Waals surface area contributed by atoms with Crippen LogP contribution in [0.4, 0.5) is 0 Å². The average Bonchev–Trinajstić information content (AvgIpc) is 2.26. The average molecular weight is 221 g/mol. The molecule has 0 saturated carbocycles. The second kappa shape index (κ2) is 6.66. The lowest BCUT2D eigenvalue weighted by Crippen LogP contribution is -2.12. The largest absolute Gasteiger partial charge is 0.384 e. The van der Waals surface area contributed by atoms with Crippen molar-refractivity contribution in [2.45, 2.75) is 32.7 Å². The van der Waals surface area contributed by atoms with E-state index in [1.807, 2.05) is 0 Å². The molecular weight excluding hydrogens is 198 g/mol. The van der Waals surface area contributed by atoms with Crippen LogP contribution in [-0.4, -0.2) is 13.7 Å². The molecule has 0 radical (unpaired) electrons. The molecule has 1 rings (SSSR count). The Balaban J connectivity index is 2.56. The zero-order chi connectivity index (χ0) is 12.0. The summed E-state index contributed by atoms with van der Waals surface area (Å²) in [5, 5.41) is 0. The highest BCUT2D eigenvalue weighted by Gasteiger charge is 2.07. The molecular formula is C14H23NO. The number of benzene rings is 1. The standard InChI is InChI=1S/C14H23NO/c1-11(2)10-14(15)13-6-4-12(5-7-13)8-9-16-3/h4-7,11,14H,8-10,15H2,1-3H3. The van der Waals surface area contributed by atoms with Crippen molar-refractivity contribution < 1.29 is 4.74 Å². The van der Waals surface area contributed by atoms with Gasteiger partial charge in [-0.05, 0) is 29.9 Å². The van der Waals surface area contributed by atoms with E-state index in [-0.39, 0.29) is 6.04 Å². The summed E-state index contributed by atoms with van der Waals surface area (Å²) >= 11 is 0. The Morgan fingerprint density at radius 2 is 1.81 bits per heavy atom. The molecule has 0 aliphatic rings. The maximum atomic E-state index is 6.12. The molecule has 0 bridgehead atoms. The van der Waals surface area contributed by atoms with Gasteiger partial charge < -0.3 is 10.5 Å². The molecule has 0 heterocycles. The lowest BCUT2D eigenvalue weighted by atomic mass is 9.97. The Kier molecular flexibility index (Phi) is 5.50. The highest BCUT2D eigenvalue weighted by Crippen LogP contribution is 2.19. The Morgan fingerprint density at radius 3 is 2.31 bits per heavy atom. The van der Waals surface area contributed by atoms with E-state index in [4.69, 9.17) is 10.5 Å². The second-order valence-electron chi connectivity index (χ2n) is 4.72. The first-order valence-corrected chi connectivity index (χ1v) is 5.97. The molecule has 2 nitrogen and oxygen atoms in total. The van der Waals surface area contributed by atoms with Gasteiger partial charge in [0.1, 0.15) is 0 Å². The second-order valence-corrected chi connectivity index (χ2v) is 4.72. The summed E-state index contributed by atoms with van der Waals surface area (Å²) in [6.45, 7) is 5.18. The van der Waals surface area contributed by atoms with Crippen LogP contribution in [0.5, 0.6) is 0 Å². The molecule has 0 aliphatic heterocycles. The van der Waals surface area contributed by atoms with Gasteiger partial charge in [0, 0.05) is 13.2 Å². The summed E-state index contributed by atoms with van der Waals surface area (Å²) in [4.78, 5) is 0. The van der Waals surface area contributed by atoms with Crippen LogP contribution in [-0.2, 0) is 11.2 Å². The fraction of sp³-hybridized carbons (Fsp3) is 0.571. The Morgan fingerprint density at radius 1 is 1.19 bits per heavy atom. The SMILES string of the molecule is COCCc1ccc(C(N)CC(C)C)cc1. The predicted molar refractivity (Wildman–Crippen MR) is 68.4 cm³/mol. The fourth-order valence-electron chi connectivity index (χ4n) is 1.80. The summed E-state index contributed by atoms with van der Waals surface area (Å²) in [5.41, 5.74) is 8.66. The van der Waals surface area contributed by atoms with Crippen molar-refractivity contribution >= 4 is 0 Å². The van der Waals surface area contributed by atoms with E-state index >= 15 is 0 Å². The summed E-state index contributed by atoms with van der Waals surface area (Å²) in [5.74, 6) is 0.642. The van der Waals surface area contributed by atoms with Gasteiger partial charge in [0.25, 0.3) is 0 Å². The molecule has 2 heteroatoms. The van der Waals surface area contributed by atoms with Crippen molar-refractivity contribution in [3.63, 3.8) is 0 Å². The Bertz CT molecular complexity index is 292. The van der Waals surface area contributed by atoms with E-state index in [1.54, 1.807) is 7.11 Å². The van der Waals surface area contributed by atoms with Crippen LogP contribution < -0.4 is 5.73 Å². The summed E-state index contributed by atoms with van der Waals surface area (Å²) < 4.78 is 5.05. The number of nitrogens with two attached hydrogens (primary N) is 1. The third kappa shape index (κ3) is 4.33. The van der Waals surface area contributed by atoms with Crippen molar-refractivity contribution in [2.75, 3.05) is 13.7 Å². The predicted octanol–water partition coefficient (Wildman–Crippen LogP) is 2.92. The van der Waals surface area contributed by atoms with E-state index in [0.29, 0.717) is 5.92 Å². The van der Waals surface area contributed by atoms with Crippen LogP contribution in [0.2, 0.25) is 0 Å². The highest BCUT2D eigenvalue weighted by molar-refractivity contribution is 5.25. The number of hydrogen-bond donors (Lipinski definition) is 1. The van der Waals surface area contributed by atoms with E-state index in [1.165, 1.54) is 11.1 Å². The van der Waals surface area contributed by atoms with Gasteiger partial charge in [-0.3, -0.25) is 0 Å². The maximum absolute atomic E-state index is 6.12. The van der Waals surface area contributed by atoms with Crippen LogP contribution in [0.3, 0.4) is 0 Å². The van der Waals surface area contributed by atoms with E-state index in [0.717, 1.165) is 19.4 Å². The molecule has 0 saturated heterocycles. The van der Waals surface area contributed by atoms with Crippen LogP contribution in [0, 0.1) is 5.92 Å². The maximum Gasteiger partial charge on any atom is 0.0502 e. The molecule has 2 N–H and O–H groups in total. The van der Waals surface area contributed by atoms with Gasteiger partial charge in [-0.15, -0.1) is 0 Å². The van der Waals surface area contributed by atoms with Gasteiger partial charge in [0.2, 0.25) is 0 Å². The number of rotatable bonds is 6. The molecule has 1 aromatic rings. The van der Waals surface area contributed by atoms with Crippen LogP contribution in [0.1, 0.15) is 37.4 Å². The molecule has 0 aromatic heterocycles. The van der Waals surface area contributed by atoms with E-state index in [2.05, 4.69) is 38.1 Å². The van der Waals surface area contributed by atoms with Gasteiger partial charge in [-0.1, -0.05) is 38.1 Å². The van der Waals surface area contributed by atoms with Crippen LogP contribution in [0.25, 0.3) is 0 Å². The molecule has 16 heavy (non-hydrogen) atoms. The number of hydrogen-bond acceptors (Lipinski definition) is 2. The monoisotopic (exact) mass is 221 g/mol. The lowest BCUT2D eigenvalue weighted by molar-refractivity contribution is 0.202. The first-order chi connectivity index (χ1) is 7.63. The quantitative estimate of drug-likeness (QED) is 0.801. The molecule has 0 spiro atoms. The summed E-state index contributed by atoms with van der Waals surface area (Å²) in [6.07, 6.45) is 2.01. The summed E-state index contributed by atoms with van der Waals surface area (Å²) in [7, 11) is 1.73. The van der Waals surface area contributed by atoms with Gasteiger partial charge >= 0.3 is 0 Å². The minimum absolute atomic E-state index is 0.163. The summed E-state index contributed by atoms with van der Waals surface area (Å²) in [6, 6.07) is 8.73. The van der Waals surface area contributed by atoms with Gasteiger partial charge in [-0.25, -0.2) is 0 Å². The third-order valence-corrected chi connectivity index (χ3v) is 2.73. The van der Waals surface area contributed by atoms with Crippen LogP contribution in [0.15, 0.2) is 24.3 Å². The van der Waals surface area contributed by atoms with Gasteiger partial charge in [-0.2, -0.15) is 0 Å². The lowest BCUT2D eigenvalue weighted by Gasteiger charge is -2.14. The van der Waals surface area contributed by atoms with Crippen molar-refractivity contribution in [1.82, 2.24) is 0 Å². The smallest absolute Gasteiger partial charge is 0.0502 e. The van der Waals surface area contributed by atoms with E-state index < -0.39 is 0 Å². The van der Waals surface area contributed by atoms with Gasteiger partial charge in [0.15, 0.2) is 0 Å². The zero-order valence-corrected chi connectivity index (χ0v) is 10.6. The van der Waals surface area contributed by atoms with Gasteiger partial charge in [0.05, 0.1) is 6.61 Å². The molecule has 1 unspecified atom stereocenters. The fourth-order valence-corrected chi connectivity index (χ4v) is 1.80. The molecule has 0 fully saturated rings. The van der Waals surface area contributed by atoms with Crippen molar-refractivity contribution in [3.05, 3.63) is 35.4 Å².